The van der Waals surface area contributed by atoms with Gasteiger partial charge in [0.25, 0.3) is 0 Å². The van der Waals surface area contributed by atoms with E-state index in [4.69, 9.17) is 11.6 Å². The predicted molar refractivity (Wildman–Crippen MR) is 113 cm³/mol. The van der Waals surface area contributed by atoms with Gasteiger partial charge in [0.15, 0.2) is 0 Å². The molecule has 2 heterocycles. The molecule has 1 N–H and O–H groups in total. The molecule has 140 valence electrons. The van der Waals surface area contributed by atoms with Crippen molar-refractivity contribution < 1.29 is 4.79 Å². The predicted octanol–water partition coefficient (Wildman–Crippen LogP) is 5.96. The van der Waals surface area contributed by atoms with Crippen LogP contribution in [0, 0.1) is 19.3 Å². The number of nitrogens with zero attached hydrogens (tertiary/aromatic N) is 1. The molecule has 1 aromatic heterocycles. The lowest BCUT2D eigenvalue weighted by molar-refractivity contribution is -0.117. The van der Waals surface area contributed by atoms with Crippen molar-refractivity contribution >= 4 is 40.2 Å². The number of halogens is 1. The van der Waals surface area contributed by atoms with E-state index in [1.165, 1.54) is 16.1 Å². The summed E-state index contributed by atoms with van der Waals surface area (Å²) in [5.74, 6) is 0.0762. The lowest BCUT2D eigenvalue weighted by atomic mass is 9.92. The van der Waals surface area contributed by atoms with Crippen molar-refractivity contribution in [3.8, 4) is 0 Å². The number of benzene rings is 1. The van der Waals surface area contributed by atoms with E-state index in [0.717, 1.165) is 40.7 Å². The molecule has 0 spiro atoms. The number of thiophene rings is 1. The van der Waals surface area contributed by atoms with Crippen LogP contribution in [0.3, 0.4) is 0 Å². The van der Waals surface area contributed by atoms with Crippen molar-refractivity contribution in [2.45, 2.75) is 54.0 Å². The van der Waals surface area contributed by atoms with E-state index in [2.05, 4.69) is 63.0 Å². The highest BCUT2D eigenvalue weighted by molar-refractivity contribution is 7.16. The summed E-state index contributed by atoms with van der Waals surface area (Å²) in [6.07, 6.45) is 1.54. The van der Waals surface area contributed by atoms with Gasteiger partial charge in [-0.05, 0) is 60.6 Å². The summed E-state index contributed by atoms with van der Waals surface area (Å²) < 4.78 is 0.876. The fourth-order valence-corrected chi connectivity index (χ4v) is 4.85. The summed E-state index contributed by atoms with van der Waals surface area (Å²) in [6.45, 7) is 12.3. The first-order valence-corrected chi connectivity index (χ1v) is 10.2. The van der Waals surface area contributed by atoms with E-state index >= 15 is 0 Å². The molecular formula is C21H27ClN2OS. The van der Waals surface area contributed by atoms with Crippen molar-refractivity contribution in [1.29, 1.82) is 0 Å². The number of amides is 1. The largest absolute Gasteiger partial charge is 0.366 e. The first-order chi connectivity index (χ1) is 12.1. The van der Waals surface area contributed by atoms with E-state index in [0.29, 0.717) is 6.42 Å². The molecule has 1 aliphatic rings. The highest BCUT2D eigenvalue weighted by atomic mass is 35.5. The molecular weight excluding hydrogens is 364 g/mol. The van der Waals surface area contributed by atoms with Crippen LogP contribution in [0.4, 0.5) is 11.4 Å². The zero-order valence-corrected chi connectivity index (χ0v) is 17.8. The Morgan fingerprint density at radius 1 is 1.23 bits per heavy atom. The summed E-state index contributed by atoms with van der Waals surface area (Å²) in [7, 11) is 0. The van der Waals surface area contributed by atoms with Gasteiger partial charge in [-0.25, -0.2) is 0 Å². The molecule has 2 aromatic rings. The second-order valence-corrected chi connectivity index (χ2v) is 10.2. The number of fused-ring (bicyclic) bond motifs is 1. The van der Waals surface area contributed by atoms with Crippen molar-refractivity contribution in [3.05, 3.63) is 44.1 Å². The minimum Gasteiger partial charge on any atom is -0.366 e. The second kappa shape index (κ2) is 7.24. The third-order valence-electron chi connectivity index (χ3n) is 4.69. The van der Waals surface area contributed by atoms with E-state index in [1.54, 1.807) is 11.3 Å². The molecule has 26 heavy (non-hydrogen) atoms. The summed E-state index contributed by atoms with van der Waals surface area (Å²) in [6, 6.07) is 6.46. The Labute approximate surface area is 165 Å². The number of anilines is 2. The summed E-state index contributed by atoms with van der Waals surface area (Å²) in [5.41, 5.74) is 5.74. The second-order valence-electron chi connectivity index (χ2n) is 8.41. The average molecular weight is 391 g/mol. The zero-order valence-electron chi connectivity index (χ0n) is 16.2. The van der Waals surface area contributed by atoms with Crippen molar-refractivity contribution in [1.82, 2.24) is 0 Å². The fraction of sp³-hybridized carbons (Fsp3) is 0.476. The Bertz CT molecular complexity index is 812. The first kappa shape index (κ1) is 19.2. The Hall–Kier alpha value is -1.52. The molecule has 0 aliphatic carbocycles. The standard InChI is InChI=1S/C21H27ClN2OS/c1-13-8-16(24-7-6-15-10-18(22)26-17(15)12-24)9-14(2)20(13)23-19(25)11-21(3,4)5/h8-10H,6-7,11-12H2,1-5H3,(H,23,25). The maximum Gasteiger partial charge on any atom is 0.224 e. The topological polar surface area (TPSA) is 32.3 Å². The molecule has 1 amide bonds. The van der Waals surface area contributed by atoms with E-state index in [1.807, 2.05) is 0 Å². The summed E-state index contributed by atoms with van der Waals surface area (Å²) in [4.78, 5) is 16.1. The van der Waals surface area contributed by atoms with Gasteiger partial charge in [-0.3, -0.25) is 4.79 Å². The van der Waals surface area contributed by atoms with Gasteiger partial charge in [0.05, 0.1) is 10.9 Å². The van der Waals surface area contributed by atoms with Gasteiger partial charge in [0, 0.05) is 29.2 Å². The van der Waals surface area contributed by atoms with Crippen LogP contribution < -0.4 is 10.2 Å². The van der Waals surface area contributed by atoms with Crippen LogP contribution in [0.5, 0.6) is 0 Å². The highest BCUT2D eigenvalue weighted by Gasteiger charge is 2.21. The van der Waals surface area contributed by atoms with Crippen molar-refractivity contribution in [2.75, 3.05) is 16.8 Å². The van der Waals surface area contributed by atoms with Crippen LogP contribution >= 0.6 is 22.9 Å². The Kier molecular flexibility index (Phi) is 5.36. The van der Waals surface area contributed by atoms with Crippen LogP contribution in [0.1, 0.15) is 48.8 Å². The lowest BCUT2D eigenvalue weighted by Crippen LogP contribution is -2.29. The lowest BCUT2D eigenvalue weighted by Gasteiger charge is -2.30. The van der Waals surface area contributed by atoms with Gasteiger partial charge in [0.2, 0.25) is 5.91 Å². The van der Waals surface area contributed by atoms with Gasteiger partial charge in [0.1, 0.15) is 0 Å². The summed E-state index contributed by atoms with van der Waals surface area (Å²) >= 11 is 7.85. The van der Waals surface area contributed by atoms with Crippen LogP contribution in [-0.2, 0) is 17.8 Å². The van der Waals surface area contributed by atoms with Crippen LogP contribution in [0.2, 0.25) is 4.34 Å². The number of rotatable bonds is 3. The SMILES string of the molecule is Cc1cc(N2CCc3cc(Cl)sc3C2)cc(C)c1NC(=O)CC(C)(C)C. The zero-order chi connectivity index (χ0) is 19.1. The molecule has 1 aliphatic heterocycles. The third-order valence-corrected chi connectivity index (χ3v) is 5.98. The van der Waals surface area contributed by atoms with Gasteiger partial charge in [-0.1, -0.05) is 32.4 Å². The van der Waals surface area contributed by atoms with Crippen LogP contribution in [-0.4, -0.2) is 12.5 Å². The molecule has 0 saturated heterocycles. The van der Waals surface area contributed by atoms with Gasteiger partial charge < -0.3 is 10.2 Å². The molecule has 0 saturated carbocycles. The van der Waals surface area contributed by atoms with Crippen molar-refractivity contribution in [2.24, 2.45) is 5.41 Å². The average Bonchev–Trinajstić information content (AvgIpc) is 2.88. The normalized spacial score (nSPS) is 14.3. The van der Waals surface area contributed by atoms with Crippen LogP contribution in [0.15, 0.2) is 18.2 Å². The third kappa shape index (κ3) is 4.41. The Morgan fingerprint density at radius 3 is 2.50 bits per heavy atom. The van der Waals surface area contributed by atoms with Gasteiger partial charge in [-0.15, -0.1) is 11.3 Å². The van der Waals surface area contributed by atoms with E-state index < -0.39 is 0 Å². The number of hydrogen-bond donors (Lipinski definition) is 1. The molecule has 1 aromatic carbocycles. The van der Waals surface area contributed by atoms with Gasteiger partial charge >= 0.3 is 0 Å². The number of hydrogen-bond acceptors (Lipinski definition) is 3. The number of nitrogens with one attached hydrogen (secondary N) is 1. The van der Waals surface area contributed by atoms with Crippen LogP contribution in [0.25, 0.3) is 0 Å². The van der Waals surface area contributed by atoms with Crippen molar-refractivity contribution in [3.63, 3.8) is 0 Å². The summed E-state index contributed by atoms with van der Waals surface area (Å²) in [5, 5.41) is 3.11. The minimum absolute atomic E-state index is 0.0146. The van der Waals surface area contributed by atoms with E-state index in [-0.39, 0.29) is 11.3 Å². The van der Waals surface area contributed by atoms with Gasteiger partial charge in [-0.2, -0.15) is 0 Å². The molecule has 0 bridgehead atoms. The molecule has 5 heteroatoms. The first-order valence-electron chi connectivity index (χ1n) is 9.05. The van der Waals surface area contributed by atoms with E-state index in [9.17, 15) is 4.79 Å². The fourth-order valence-electron chi connectivity index (χ4n) is 3.49. The Balaban J connectivity index is 1.78. The minimum atomic E-state index is -0.0146. The smallest absolute Gasteiger partial charge is 0.224 e. The number of carbonyl (C=O) groups excluding carboxylic acids is 1. The number of carbonyl (C=O) groups is 1. The number of aryl methyl sites for hydroxylation is 2. The highest BCUT2D eigenvalue weighted by Crippen LogP contribution is 2.35. The molecule has 3 rings (SSSR count). The maximum absolute atomic E-state index is 12.3. The molecule has 0 atom stereocenters. The molecule has 0 fully saturated rings. The molecule has 0 radical (unpaired) electrons. The monoisotopic (exact) mass is 390 g/mol. The quantitative estimate of drug-likeness (QED) is 0.701. The maximum atomic E-state index is 12.3. The molecule has 0 unspecified atom stereocenters. The molecule has 3 nitrogen and oxygen atoms in total. The Morgan fingerprint density at radius 2 is 1.88 bits per heavy atom.